The van der Waals surface area contributed by atoms with Crippen molar-refractivity contribution >= 4 is 5.91 Å². The van der Waals surface area contributed by atoms with E-state index in [1.165, 1.54) is 6.07 Å². The summed E-state index contributed by atoms with van der Waals surface area (Å²) in [6, 6.07) is 5.20. The zero-order chi connectivity index (χ0) is 16.3. The lowest BCUT2D eigenvalue weighted by molar-refractivity contribution is -0.128. The Balaban J connectivity index is 2.16. The number of rotatable bonds is 4. The lowest BCUT2D eigenvalue weighted by Crippen LogP contribution is -2.44. The summed E-state index contributed by atoms with van der Waals surface area (Å²) in [5.41, 5.74) is -0.641. The van der Waals surface area contributed by atoms with Gasteiger partial charge in [0.25, 0.3) is 0 Å². The maximum Gasteiger partial charge on any atom is 0.240 e. The highest BCUT2D eigenvalue weighted by atomic mass is 19.2. The molecule has 1 aromatic carbocycles. The van der Waals surface area contributed by atoms with E-state index in [0.717, 1.165) is 12.1 Å². The Morgan fingerprint density at radius 1 is 1.50 bits per heavy atom. The third-order valence-electron chi connectivity index (χ3n) is 4.14. The Morgan fingerprint density at radius 2 is 2.23 bits per heavy atom. The van der Waals surface area contributed by atoms with Gasteiger partial charge in [0.15, 0.2) is 11.6 Å². The summed E-state index contributed by atoms with van der Waals surface area (Å²) in [4.78, 5) is 12.3. The molecule has 1 amide bonds. The zero-order valence-electron chi connectivity index (χ0n) is 12.5. The van der Waals surface area contributed by atoms with Crippen LogP contribution >= 0.6 is 0 Å². The molecule has 0 aliphatic carbocycles. The number of amides is 1. The van der Waals surface area contributed by atoms with Gasteiger partial charge in [-0.05, 0) is 37.5 Å². The van der Waals surface area contributed by atoms with Crippen LogP contribution in [0.4, 0.5) is 8.78 Å². The largest absolute Gasteiger partial charge is 0.371 e. The summed E-state index contributed by atoms with van der Waals surface area (Å²) in [7, 11) is 0. The van der Waals surface area contributed by atoms with Gasteiger partial charge in [-0.3, -0.25) is 4.79 Å². The number of benzene rings is 1. The molecule has 1 aliphatic heterocycles. The summed E-state index contributed by atoms with van der Waals surface area (Å²) in [5, 5.41) is 11.9. The number of nitrogens with one attached hydrogen (secondary N) is 1. The molecule has 3 atom stereocenters. The Labute approximate surface area is 128 Å². The molecule has 1 fully saturated rings. The molecule has 0 bridgehead atoms. The number of halogens is 2. The Hall–Kier alpha value is -2.00. The van der Waals surface area contributed by atoms with Gasteiger partial charge in [0.1, 0.15) is 11.5 Å². The minimum atomic E-state index is -1.11. The van der Waals surface area contributed by atoms with Gasteiger partial charge in [0.05, 0.1) is 12.1 Å². The van der Waals surface area contributed by atoms with Gasteiger partial charge in [-0.2, -0.15) is 5.26 Å². The van der Waals surface area contributed by atoms with E-state index in [0.29, 0.717) is 25.0 Å². The normalized spacial score (nSPS) is 23.6. The SMILES string of the molecule is CCC(C)(C#N)C(=O)N[C@@H]1CCO[C@H]1c1ccc(F)c(F)c1. The molecular formula is C16H18F2N2O2. The van der Waals surface area contributed by atoms with Crippen LogP contribution in [0.3, 0.4) is 0 Å². The molecule has 0 saturated carbocycles. The predicted molar refractivity (Wildman–Crippen MR) is 75.6 cm³/mol. The summed E-state index contributed by atoms with van der Waals surface area (Å²) in [5.74, 6) is -2.25. The van der Waals surface area contributed by atoms with Crippen LogP contribution in [0, 0.1) is 28.4 Å². The van der Waals surface area contributed by atoms with Gasteiger partial charge < -0.3 is 10.1 Å². The molecule has 2 rings (SSSR count). The van der Waals surface area contributed by atoms with Crippen molar-refractivity contribution < 1.29 is 18.3 Å². The summed E-state index contributed by atoms with van der Waals surface area (Å²) in [6.07, 6.45) is 0.401. The fourth-order valence-corrected chi connectivity index (χ4v) is 2.37. The highest BCUT2D eigenvalue weighted by molar-refractivity contribution is 5.85. The van der Waals surface area contributed by atoms with E-state index >= 15 is 0 Å². The molecule has 0 radical (unpaired) electrons. The lowest BCUT2D eigenvalue weighted by Gasteiger charge is -2.25. The van der Waals surface area contributed by atoms with Crippen LogP contribution in [0.2, 0.25) is 0 Å². The van der Waals surface area contributed by atoms with Crippen molar-refractivity contribution in [3.8, 4) is 6.07 Å². The number of nitriles is 1. The first-order chi connectivity index (χ1) is 10.4. The summed E-state index contributed by atoms with van der Waals surface area (Å²) >= 11 is 0. The average molecular weight is 308 g/mol. The van der Waals surface area contributed by atoms with Crippen LogP contribution in [-0.4, -0.2) is 18.6 Å². The summed E-state index contributed by atoms with van der Waals surface area (Å²) < 4.78 is 31.9. The van der Waals surface area contributed by atoms with Gasteiger partial charge in [0.2, 0.25) is 5.91 Å². The molecule has 6 heteroatoms. The quantitative estimate of drug-likeness (QED) is 0.930. The number of carbonyl (C=O) groups excluding carboxylic acids is 1. The molecule has 0 aromatic heterocycles. The van der Waals surface area contributed by atoms with Crippen molar-refractivity contribution in [3.63, 3.8) is 0 Å². The van der Waals surface area contributed by atoms with E-state index in [2.05, 4.69) is 5.32 Å². The van der Waals surface area contributed by atoms with Crippen molar-refractivity contribution in [1.82, 2.24) is 5.32 Å². The van der Waals surface area contributed by atoms with Crippen LogP contribution < -0.4 is 5.32 Å². The molecule has 22 heavy (non-hydrogen) atoms. The number of nitrogens with zero attached hydrogens (tertiary/aromatic N) is 1. The second-order valence-electron chi connectivity index (χ2n) is 5.63. The molecule has 1 aliphatic rings. The number of hydrogen-bond donors (Lipinski definition) is 1. The first-order valence-corrected chi connectivity index (χ1v) is 7.20. The van der Waals surface area contributed by atoms with Gasteiger partial charge in [-0.15, -0.1) is 0 Å². The molecule has 4 nitrogen and oxygen atoms in total. The molecular weight excluding hydrogens is 290 g/mol. The van der Waals surface area contributed by atoms with Gasteiger partial charge in [-0.25, -0.2) is 8.78 Å². The van der Waals surface area contributed by atoms with E-state index in [1.54, 1.807) is 13.8 Å². The molecule has 0 spiro atoms. The summed E-state index contributed by atoms with van der Waals surface area (Å²) in [6.45, 7) is 3.75. The second-order valence-corrected chi connectivity index (χ2v) is 5.63. The van der Waals surface area contributed by atoms with Crippen molar-refractivity contribution in [2.45, 2.75) is 38.8 Å². The predicted octanol–water partition coefficient (Wildman–Crippen LogP) is 2.85. The fourth-order valence-electron chi connectivity index (χ4n) is 2.37. The Morgan fingerprint density at radius 3 is 2.82 bits per heavy atom. The molecule has 1 unspecified atom stereocenters. The van der Waals surface area contributed by atoms with Gasteiger partial charge >= 0.3 is 0 Å². The topological polar surface area (TPSA) is 62.1 Å². The van der Waals surface area contributed by atoms with Crippen molar-refractivity contribution in [2.75, 3.05) is 6.61 Å². The zero-order valence-corrected chi connectivity index (χ0v) is 12.5. The standard InChI is InChI=1S/C16H18F2N2O2/c1-3-16(2,9-19)15(21)20-13-6-7-22-14(13)10-4-5-11(17)12(18)8-10/h4-5,8,13-14H,3,6-7H2,1-2H3,(H,20,21)/t13-,14+,16?/m1/s1. The van der Waals surface area contributed by atoms with Crippen molar-refractivity contribution in [2.24, 2.45) is 5.41 Å². The van der Waals surface area contributed by atoms with Gasteiger partial charge in [-0.1, -0.05) is 13.0 Å². The molecule has 1 N–H and O–H groups in total. The van der Waals surface area contributed by atoms with Crippen LogP contribution in [-0.2, 0) is 9.53 Å². The minimum absolute atomic E-state index is 0.364. The van der Waals surface area contributed by atoms with E-state index in [4.69, 9.17) is 10.00 Å². The fraction of sp³-hybridized carbons (Fsp3) is 0.500. The van der Waals surface area contributed by atoms with Crippen molar-refractivity contribution in [1.29, 1.82) is 5.26 Å². The molecule has 1 aromatic rings. The van der Waals surface area contributed by atoms with Crippen LogP contribution in [0.25, 0.3) is 0 Å². The first kappa shape index (κ1) is 16.4. The van der Waals surface area contributed by atoms with E-state index < -0.39 is 23.2 Å². The molecule has 118 valence electrons. The highest BCUT2D eigenvalue weighted by Crippen LogP contribution is 2.31. The smallest absolute Gasteiger partial charge is 0.240 e. The number of hydrogen-bond acceptors (Lipinski definition) is 3. The number of ether oxygens (including phenoxy) is 1. The van der Waals surface area contributed by atoms with Crippen LogP contribution in [0.1, 0.15) is 38.4 Å². The van der Waals surface area contributed by atoms with Crippen LogP contribution in [0.15, 0.2) is 18.2 Å². The highest BCUT2D eigenvalue weighted by Gasteiger charge is 2.37. The third kappa shape index (κ3) is 3.09. The van der Waals surface area contributed by atoms with E-state index in [-0.39, 0.29) is 11.9 Å². The Bertz CT molecular complexity index is 615. The second kappa shape index (κ2) is 6.41. The third-order valence-corrected chi connectivity index (χ3v) is 4.14. The first-order valence-electron chi connectivity index (χ1n) is 7.20. The minimum Gasteiger partial charge on any atom is -0.371 e. The van der Waals surface area contributed by atoms with E-state index in [9.17, 15) is 13.6 Å². The monoisotopic (exact) mass is 308 g/mol. The van der Waals surface area contributed by atoms with E-state index in [1.807, 2.05) is 6.07 Å². The number of carbonyl (C=O) groups is 1. The maximum atomic E-state index is 13.4. The molecule has 1 heterocycles. The average Bonchev–Trinajstić information content (AvgIpc) is 2.97. The molecule has 1 saturated heterocycles. The van der Waals surface area contributed by atoms with Crippen molar-refractivity contribution in [3.05, 3.63) is 35.4 Å². The lowest BCUT2D eigenvalue weighted by atomic mass is 9.87. The maximum absolute atomic E-state index is 13.4. The van der Waals surface area contributed by atoms with Gasteiger partial charge in [0, 0.05) is 6.61 Å². The van der Waals surface area contributed by atoms with Crippen LogP contribution in [0.5, 0.6) is 0 Å². The Kier molecular flexibility index (Phi) is 4.77.